The number of methoxy groups -OCH3 is 2. The zero-order chi connectivity index (χ0) is 17.1. The molecule has 0 radical (unpaired) electrons. The highest BCUT2D eigenvalue weighted by atomic mass is 16.5. The molecule has 1 fully saturated rings. The van der Waals surface area contributed by atoms with Crippen molar-refractivity contribution < 1.29 is 14.3 Å². The number of azide groups is 1. The summed E-state index contributed by atoms with van der Waals surface area (Å²) >= 11 is 0. The molecule has 0 unspecified atom stereocenters. The summed E-state index contributed by atoms with van der Waals surface area (Å²) in [6.07, 6.45) is 1.34. The second-order valence-electron chi connectivity index (χ2n) is 6.04. The average Bonchev–Trinajstić information content (AvgIpc) is 3.08. The molecule has 24 heavy (non-hydrogen) atoms. The van der Waals surface area contributed by atoms with E-state index in [-0.39, 0.29) is 18.0 Å². The normalized spacial score (nSPS) is 22.5. The van der Waals surface area contributed by atoms with Gasteiger partial charge in [0.25, 0.3) is 0 Å². The summed E-state index contributed by atoms with van der Waals surface area (Å²) in [7, 11) is 3.23. The number of nitrogens with one attached hydrogen (secondary N) is 1. The molecule has 0 aliphatic carbocycles. The minimum atomic E-state index is -0.276. The molecule has 1 saturated heterocycles. The summed E-state index contributed by atoms with van der Waals surface area (Å²) in [5.41, 5.74) is 10.8. The van der Waals surface area contributed by atoms with Gasteiger partial charge in [-0.05, 0) is 41.6 Å². The molecule has 8 nitrogen and oxygen atoms in total. The molecule has 0 aromatic heterocycles. The number of fused-ring (bicyclic) bond motifs is 1. The maximum atomic E-state index is 12.7. The third-order valence-corrected chi connectivity index (χ3v) is 4.65. The lowest BCUT2D eigenvalue weighted by molar-refractivity contribution is -0.134. The molecule has 1 N–H and O–H groups in total. The van der Waals surface area contributed by atoms with Crippen molar-refractivity contribution in [3.05, 3.63) is 33.7 Å². The number of benzene rings is 1. The monoisotopic (exact) mass is 331 g/mol. The van der Waals surface area contributed by atoms with Gasteiger partial charge >= 0.3 is 0 Å². The molecule has 0 spiro atoms. The van der Waals surface area contributed by atoms with Crippen LogP contribution < -0.4 is 14.8 Å². The van der Waals surface area contributed by atoms with Gasteiger partial charge in [-0.3, -0.25) is 4.79 Å². The van der Waals surface area contributed by atoms with Gasteiger partial charge in [0, 0.05) is 24.5 Å². The number of amides is 1. The largest absolute Gasteiger partial charge is 0.493 e. The van der Waals surface area contributed by atoms with Gasteiger partial charge in [0.15, 0.2) is 11.5 Å². The molecule has 0 saturated carbocycles. The van der Waals surface area contributed by atoms with Crippen LogP contribution in [0.15, 0.2) is 17.2 Å². The van der Waals surface area contributed by atoms with Gasteiger partial charge in [0.2, 0.25) is 5.91 Å². The lowest BCUT2D eigenvalue weighted by Gasteiger charge is -2.31. The van der Waals surface area contributed by atoms with Crippen molar-refractivity contribution in [1.29, 1.82) is 0 Å². The lowest BCUT2D eigenvalue weighted by atomic mass is 9.98. The number of ether oxygens (including phenoxy) is 2. The first-order valence-corrected chi connectivity index (χ1v) is 7.96. The van der Waals surface area contributed by atoms with Crippen molar-refractivity contribution >= 4 is 5.91 Å². The van der Waals surface area contributed by atoms with Crippen LogP contribution in [0.4, 0.5) is 0 Å². The van der Waals surface area contributed by atoms with Gasteiger partial charge in [0.05, 0.1) is 26.3 Å². The Kier molecular flexibility index (Phi) is 4.78. The van der Waals surface area contributed by atoms with Crippen molar-refractivity contribution in [2.75, 3.05) is 27.3 Å². The zero-order valence-electron chi connectivity index (χ0n) is 13.9. The Balaban J connectivity index is 1.73. The Morgan fingerprint density at radius 3 is 2.71 bits per heavy atom. The predicted molar refractivity (Wildman–Crippen MR) is 88.0 cm³/mol. The van der Waals surface area contributed by atoms with Gasteiger partial charge in [-0.15, -0.1) is 0 Å². The van der Waals surface area contributed by atoms with Crippen molar-refractivity contribution in [2.24, 2.45) is 5.11 Å². The maximum Gasteiger partial charge on any atom is 0.240 e. The standard InChI is InChI=1S/C16H21N5O3/c1-23-14-5-10-3-4-21(9-11(10)6-15(14)24-2)16(22)13-7-12(8-18-13)19-20-17/h5-6,12-13,18H,3-4,7-9H2,1-2H3/t12-,13-/m0/s1. The van der Waals surface area contributed by atoms with Crippen LogP contribution in [0.1, 0.15) is 17.5 Å². The third-order valence-electron chi connectivity index (χ3n) is 4.65. The molecule has 2 aliphatic rings. The highest BCUT2D eigenvalue weighted by molar-refractivity contribution is 5.82. The summed E-state index contributed by atoms with van der Waals surface area (Å²) in [5.74, 6) is 1.45. The van der Waals surface area contributed by atoms with Crippen molar-refractivity contribution in [1.82, 2.24) is 10.2 Å². The van der Waals surface area contributed by atoms with Crippen molar-refractivity contribution in [3.63, 3.8) is 0 Å². The van der Waals surface area contributed by atoms with E-state index in [1.807, 2.05) is 17.0 Å². The van der Waals surface area contributed by atoms with E-state index in [0.29, 0.717) is 37.6 Å². The summed E-state index contributed by atoms with van der Waals surface area (Å²) in [5, 5.41) is 6.85. The lowest BCUT2D eigenvalue weighted by Crippen LogP contribution is -2.45. The number of hydrogen-bond donors (Lipinski definition) is 1. The molecule has 1 amide bonds. The van der Waals surface area contributed by atoms with Crippen LogP contribution in [-0.4, -0.2) is 50.2 Å². The van der Waals surface area contributed by atoms with Gasteiger partial charge in [-0.2, -0.15) is 0 Å². The van der Waals surface area contributed by atoms with Crippen LogP contribution in [0.3, 0.4) is 0 Å². The Hall–Kier alpha value is -2.44. The van der Waals surface area contributed by atoms with E-state index in [2.05, 4.69) is 15.3 Å². The zero-order valence-corrected chi connectivity index (χ0v) is 13.9. The van der Waals surface area contributed by atoms with Gasteiger partial charge < -0.3 is 19.7 Å². The molecule has 1 aromatic rings. The van der Waals surface area contributed by atoms with E-state index < -0.39 is 0 Å². The fraction of sp³-hybridized carbons (Fsp3) is 0.562. The van der Waals surface area contributed by atoms with E-state index >= 15 is 0 Å². The molecule has 128 valence electrons. The molecule has 0 bridgehead atoms. The van der Waals surface area contributed by atoms with Gasteiger partial charge in [0.1, 0.15) is 0 Å². The minimum absolute atomic E-state index is 0.0612. The fourth-order valence-electron chi connectivity index (χ4n) is 3.36. The van der Waals surface area contributed by atoms with Crippen LogP contribution in [0.25, 0.3) is 10.4 Å². The highest BCUT2D eigenvalue weighted by Gasteiger charge is 2.33. The molecular formula is C16H21N5O3. The van der Waals surface area contributed by atoms with E-state index in [1.54, 1.807) is 14.2 Å². The third kappa shape index (κ3) is 3.11. The first kappa shape index (κ1) is 16.4. The Bertz CT molecular complexity index is 687. The van der Waals surface area contributed by atoms with E-state index in [0.717, 1.165) is 12.0 Å². The van der Waals surface area contributed by atoms with Crippen LogP contribution in [0.2, 0.25) is 0 Å². The van der Waals surface area contributed by atoms with Crippen LogP contribution in [-0.2, 0) is 17.8 Å². The summed E-state index contributed by atoms with van der Waals surface area (Å²) in [4.78, 5) is 17.4. The molecular weight excluding hydrogens is 310 g/mol. The Morgan fingerprint density at radius 2 is 2.04 bits per heavy atom. The van der Waals surface area contributed by atoms with Crippen molar-refractivity contribution in [3.8, 4) is 11.5 Å². The number of rotatable bonds is 4. The van der Waals surface area contributed by atoms with Gasteiger partial charge in [-0.1, -0.05) is 5.11 Å². The molecule has 3 rings (SSSR count). The summed E-state index contributed by atoms with van der Waals surface area (Å²) < 4.78 is 10.7. The fourth-order valence-corrected chi connectivity index (χ4v) is 3.36. The van der Waals surface area contributed by atoms with E-state index in [9.17, 15) is 4.79 Å². The summed E-state index contributed by atoms with van der Waals surface area (Å²) in [6.45, 7) is 1.78. The predicted octanol–water partition coefficient (Wildman–Crippen LogP) is 1.63. The van der Waals surface area contributed by atoms with E-state index in [4.69, 9.17) is 15.0 Å². The maximum absolute atomic E-state index is 12.7. The molecule has 1 aromatic carbocycles. The average molecular weight is 331 g/mol. The second kappa shape index (κ2) is 6.98. The smallest absolute Gasteiger partial charge is 0.240 e. The topological polar surface area (TPSA) is 99.6 Å². The Labute approximate surface area is 140 Å². The second-order valence-corrected chi connectivity index (χ2v) is 6.04. The van der Waals surface area contributed by atoms with Crippen LogP contribution in [0, 0.1) is 0 Å². The molecule has 2 aliphatic heterocycles. The molecule has 2 atom stereocenters. The number of nitrogens with zero attached hydrogens (tertiary/aromatic N) is 4. The molecule has 8 heteroatoms. The Morgan fingerprint density at radius 1 is 1.33 bits per heavy atom. The molecule has 2 heterocycles. The van der Waals surface area contributed by atoms with Gasteiger partial charge in [-0.25, -0.2) is 0 Å². The minimum Gasteiger partial charge on any atom is -0.493 e. The first-order valence-electron chi connectivity index (χ1n) is 7.96. The van der Waals surface area contributed by atoms with Crippen LogP contribution >= 0.6 is 0 Å². The number of carbonyl (C=O) groups is 1. The van der Waals surface area contributed by atoms with Crippen molar-refractivity contribution in [2.45, 2.75) is 31.5 Å². The van der Waals surface area contributed by atoms with Crippen LogP contribution in [0.5, 0.6) is 11.5 Å². The number of hydrogen-bond acceptors (Lipinski definition) is 5. The number of carbonyl (C=O) groups excluding carboxylic acids is 1. The van der Waals surface area contributed by atoms with E-state index in [1.165, 1.54) is 5.56 Å². The first-order chi connectivity index (χ1) is 11.7. The highest BCUT2D eigenvalue weighted by Crippen LogP contribution is 2.33. The SMILES string of the molecule is COc1cc2c(cc1OC)CN(C(=O)[C@@H]1C[C@H](N=[N+]=[N-])CN1)CC2. The summed E-state index contributed by atoms with van der Waals surface area (Å²) in [6, 6.07) is 3.51. The quantitative estimate of drug-likeness (QED) is 0.515.